The summed E-state index contributed by atoms with van der Waals surface area (Å²) in [6, 6.07) is 14.1. The van der Waals surface area contributed by atoms with Crippen molar-refractivity contribution in [2.24, 2.45) is 0 Å². The van der Waals surface area contributed by atoms with Crippen molar-refractivity contribution in [3.8, 4) is 28.4 Å². The summed E-state index contributed by atoms with van der Waals surface area (Å²) in [5, 5.41) is 6.24. The lowest BCUT2D eigenvalue weighted by Gasteiger charge is -2.10. The molecule has 0 spiro atoms. The van der Waals surface area contributed by atoms with Gasteiger partial charge in [-0.3, -0.25) is 0 Å². The third-order valence-corrected chi connectivity index (χ3v) is 4.29. The number of alkyl halides is 3. The molecule has 31 heavy (non-hydrogen) atoms. The van der Waals surface area contributed by atoms with E-state index in [1.807, 2.05) is 0 Å². The summed E-state index contributed by atoms with van der Waals surface area (Å²) in [5.41, 5.74) is 0.267. The van der Waals surface area contributed by atoms with Crippen LogP contribution in [-0.4, -0.2) is 43.2 Å². The quantitative estimate of drug-likeness (QED) is 0.560. The van der Waals surface area contributed by atoms with Crippen molar-refractivity contribution < 1.29 is 32.2 Å². The monoisotopic (exact) mass is 435 g/mol. The van der Waals surface area contributed by atoms with Crippen LogP contribution in [0.3, 0.4) is 0 Å². The van der Waals surface area contributed by atoms with Gasteiger partial charge in [-0.2, -0.15) is 18.3 Å². The molecule has 0 aliphatic heterocycles. The Hall–Kier alpha value is -3.69. The molecule has 10 heteroatoms. The number of carbonyl (C=O) groups excluding carboxylic acids is 1. The van der Waals surface area contributed by atoms with E-state index < -0.39 is 18.0 Å². The van der Waals surface area contributed by atoms with E-state index >= 15 is 0 Å². The van der Waals surface area contributed by atoms with E-state index in [4.69, 9.17) is 9.47 Å². The molecule has 0 fully saturated rings. The molecule has 0 aliphatic carbocycles. The Kier molecular flexibility index (Phi) is 6.68. The van der Waals surface area contributed by atoms with Crippen LogP contribution in [0.5, 0.6) is 11.5 Å². The lowest BCUT2D eigenvalue weighted by Crippen LogP contribution is -2.27. The highest BCUT2D eigenvalue weighted by Crippen LogP contribution is 2.34. The molecule has 0 atom stereocenters. The second-order valence-electron chi connectivity index (χ2n) is 6.31. The number of alkyl carbamates (subject to hydrolysis) is 1. The number of aromatic nitrogens is 2. The molecule has 1 aromatic heterocycles. The first-order chi connectivity index (χ1) is 14.8. The fourth-order valence-electron chi connectivity index (χ4n) is 2.76. The molecule has 0 unspecified atom stereocenters. The predicted molar refractivity (Wildman–Crippen MR) is 106 cm³/mol. The molecule has 2 aromatic carbocycles. The highest BCUT2D eigenvalue weighted by atomic mass is 19.4. The molecule has 0 radical (unpaired) electrons. The summed E-state index contributed by atoms with van der Waals surface area (Å²) >= 11 is 0. The van der Waals surface area contributed by atoms with E-state index in [-0.39, 0.29) is 18.8 Å². The van der Waals surface area contributed by atoms with Crippen LogP contribution < -0.4 is 14.8 Å². The van der Waals surface area contributed by atoms with Crippen molar-refractivity contribution >= 4 is 6.09 Å². The van der Waals surface area contributed by atoms with Gasteiger partial charge in [0.25, 0.3) is 0 Å². The van der Waals surface area contributed by atoms with Crippen LogP contribution in [-0.2, 0) is 10.9 Å². The first-order valence-corrected chi connectivity index (χ1v) is 9.18. The number of halogens is 3. The smallest absolute Gasteiger partial charge is 0.435 e. The summed E-state index contributed by atoms with van der Waals surface area (Å²) in [5.74, 6) is 1.08. The van der Waals surface area contributed by atoms with Crippen LogP contribution in [0, 0.1) is 0 Å². The second kappa shape index (κ2) is 9.41. The second-order valence-corrected chi connectivity index (χ2v) is 6.31. The summed E-state index contributed by atoms with van der Waals surface area (Å²) in [7, 11) is 2.76. The number of amides is 1. The van der Waals surface area contributed by atoms with Gasteiger partial charge in [0.2, 0.25) is 0 Å². The van der Waals surface area contributed by atoms with Gasteiger partial charge in [0, 0.05) is 5.56 Å². The standard InChI is InChI=1S/C21H20F3N3O4/c1-29-16-9-5-15(6-10-16)27-18(13-19(26-27)21(22,23)24)14-3-7-17(8-4-14)31-12-11-25-20(28)30-2/h3-10,13H,11-12H2,1-2H3,(H,25,28). The zero-order valence-corrected chi connectivity index (χ0v) is 16.8. The number of nitrogens with one attached hydrogen (secondary N) is 1. The van der Waals surface area contributed by atoms with E-state index in [1.54, 1.807) is 48.5 Å². The van der Waals surface area contributed by atoms with E-state index in [1.165, 1.54) is 18.9 Å². The maximum absolute atomic E-state index is 13.3. The van der Waals surface area contributed by atoms with Gasteiger partial charge in [0.15, 0.2) is 5.69 Å². The van der Waals surface area contributed by atoms with Crippen molar-refractivity contribution in [3.63, 3.8) is 0 Å². The van der Waals surface area contributed by atoms with Crippen molar-refractivity contribution in [1.82, 2.24) is 15.1 Å². The number of ether oxygens (including phenoxy) is 3. The molecule has 0 saturated heterocycles. The Morgan fingerprint density at radius 2 is 1.68 bits per heavy atom. The largest absolute Gasteiger partial charge is 0.497 e. The molecule has 1 amide bonds. The van der Waals surface area contributed by atoms with Crippen LogP contribution in [0.4, 0.5) is 18.0 Å². The molecule has 3 rings (SSSR count). The molecular weight excluding hydrogens is 415 g/mol. The average Bonchev–Trinajstić information content (AvgIpc) is 3.23. The van der Waals surface area contributed by atoms with E-state index in [9.17, 15) is 18.0 Å². The minimum Gasteiger partial charge on any atom is -0.497 e. The van der Waals surface area contributed by atoms with Gasteiger partial charge in [0.05, 0.1) is 32.1 Å². The summed E-state index contributed by atoms with van der Waals surface area (Å²) in [6.07, 6.45) is -5.14. The van der Waals surface area contributed by atoms with Gasteiger partial charge in [-0.25, -0.2) is 9.48 Å². The number of carbonyl (C=O) groups is 1. The molecular formula is C21H20F3N3O4. The van der Waals surface area contributed by atoms with Gasteiger partial charge in [0.1, 0.15) is 18.1 Å². The Morgan fingerprint density at radius 3 is 2.26 bits per heavy atom. The van der Waals surface area contributed by atoms with Crippen LogP contribution in [0.25, 0.3) is 16.9 Å². The molecule has 164 valence electrons. The molecule has 3 aromatic rings. The first kappa shape index (κ1) is 22.0. The molecule has 1 heterocycles. The van der Waals surface area contributed by atoms with E-state index in [0.717, 1.165) is 6.07 Å². The summed E-state index contributed by atoms with van der Waals surface area (Å²) in [6.45, 7) is 0.448. The topological polar surface area (TPSA) is 74.6 Å². The Bertz CT molecular complexity index is 1020. The van der Waals surface area contributed by atoms with Crippen LogP contribution >= 0.6 is 0 Å². The van der Waals surface area contributed by atoms with Gasteiger partial charge in [-0.1, -0.05) is 0 Å². The zero-order chi connectivity index (χ0) is 22.4. The van der Waals surface area contributed by atoms with Crippen LogP contribution in [0.2, 0.25) is 0 Å². The van der Waals surface area contributed by atoms with Crippen molar-refractivity contribution in [1.29, 1.82) is 0 Å². The third-order valence-electron chi connectivity index (χ3n) is 4.29. The number of methoxy groups -OCH3 is 2. The van der Waals surface area contributed by atoms with Crippen LogP contribution in [0.1, 0.15) is 5.69 Å². The fraction of sp³-hybridized carbons (Fsp3) is 0.238. The van der Waals surface area contributed by atoms with Crippen molar-refractivity contribution in [3.05, 3.63) is 60.3 Å². The van der Waals surface area contributed by atoms with Crippen molar-refractivity contribution in [2.45, 2.75) is 6.18 Å². The zero-order valence-electron chi connectivity index (χ0n) is 16.8. The number of hydrogen-bond acceptors (Lipinski definition) is 5. The predicted octanol–water partition coefficient (Wildman–Crippen LogP) is 4.30. The van der Waals surface area contributed by atoms with Crippen molar-refractivity contribution in [2.75, 3.05) is 27.4 Å². The number of rotatable bonds is 7. The van der Waals surface area contributed by atoms with Crippen LogP contribution in [0.15, 0.2) is 54.6 Å². The lowest BCUT2D eigenvalue weighted by molar-refractivity contribution is -0.141. The number of nitrogens with zero attached hydrogens (tertiary/aromatic N) is 2. The van der Waals surface area contributed by atoms with Gasteiger partial charge < -0.3 is 19.5 Å². The third kappa shape index (κ3) is 5.47. The van der Waals surface area contributed by atoms with Gasteiger partial charge >= 0.3 is 12.3 Å². The molecule has 0 aliphatic rings. The van der Waals surface area contributed by atoms with E-state index in [2.05, 4.69) is 15.2 Å². The Labute approximate surface area is 176 Å². The highest BCUT2D eigenvalue weighted by Gasteiger charge is 2.35. The number of hydrogen-bond donors (Lipinski definition) is 1. The minimum absolute atomic E-state index is 0.205. The Morgan fingerprint density at radius 1 is 1.03 bits per heavy atom. The minimum atomic E-state index is -4.58. The molecule has 7 nitrogen and oxygen atoms in total. The number of benzene rings is 2. The molecule has 0 bridgehead atoms. The molecule has 1 N–H and O–H groups in total. The normalized spacial score (nSPS) is 11.1. The fourth-order valence-corrected chi connectivity index (χ4v) is 2.76. The highest BCUT2D eigenvalue weighted by molar-refractivity contribution is 5.66. The van der Waals surface area contributed by atoms with Gasteiger partial charge in [-0.15, -0.1) is 0 Å². The summed E-state index contributed by atoms with van der Waals surface area (Å²) in [4.78, 5) is 11.0. The van der Waals surface area contributed by atoms with E-state index in [0.29, 0.717) is 22.7 Å². The maximum Gasteiger partial charge on any atom is 0.435 e. The molecule has 0 saturated carbocycles. The SMILES string of the molecule is COC(=O)NCCOc1ccc(-c2cc(C(F)(F)F)nn2-c2ccc(OC)cc2)cc1. The average molecular weight is 435 g/mol. The lowest BCUT2D eigenvalue weighted by atomic mass is 10.1. The van der Waals surface area contributed by atoms with Gasteiger partial charge in [-0.05, 0) is 54.6 Å². The first-order valence-electron chi connectivity index (χ1n) is 9.18. The summed E-state index contributed by atoms with van der Waals surface area (Å²) < 4.78 is 56.2. The maximum atomic E-state index is 13.3. The Balaban J connectivity index is 1.83.